The summed E-state index contributed by atoms with van der Waals surface area (Å²) < 4.78 is 5.70. The second-order valence-corrected chi connectivity index (χ2v) is 11.9. The highest BCUT2D eigenvalue weighted by Gasteiger charge is 2.55. The smallest absolute Gasteiger partial charge is 0.230 e. The van der Waals surface area contributed by atoms with Crippen LogP contribution in [-0.4, -0.2) is 68.7 Å². The van der Waals surface area contributed by atoms with Gasteiger partial charge in [-0.3, -0.25) is 9.78 Å². The van der Waals surface area contributed by atoms with Crippen LogP contribution in [0.4, 0.5) is 0 Å². The van der Waals surface area contributed by atoms with Crippen molar-refractivity contribution in [2.75, 3.05) is 26.7 Å². The number of aromatic nitrogens is 3. The fraction of sp³-hybridized carbons (Fsp3) is 0.533. The molecule has 1 aromatic carbocycles. The molecule has 8 heteroatoms. The molecule has 3 atom stereocenters. The largest absolute Gasteiger partial charge is 0.380 e. The summed E-state index contributed by atoms with van der Waals surface area (Å²) in [6.07, 6.45) is 5.06. The lowest BCUT2D eigenvalue weighted by atomic mass is 9.62. The minimum atomic E-state index is -1.24. The van der Waals surface area contributed by atoms with Gasteiger partial charge in [0.1, 0.15) is 5.60 Å². The first-order valence-corrected chi connectivity index (χ1v) is 13.6. The van der Waals surface area contributed by atoms with E-state index < -0.39 is 5.60 Å². The molecular formula is C30H39N5O3. The quantitative estimate of drug-likeness (QED) is 0.512. The van der Waals surface area contributed by atoms with Crippen LogP contribution in [0.1, 0.15) is 81.9 Å². The van der Waals surface area contributed by atoms with Crippen molar-refractivity contribution in [2.24, 2.45) is 5.41 Å². The van der Waals surface area contributed by atoms with E-state index >= 15 is 0 Å². The second kappa shape index (κ2) is 9.89. The van der Waals surface area contributed by atoms with Crippen molar-refractivity contribution in [3.05, 3.63) is 65.3 Å². The third-order valence-electron chi connectivity index (χ3n) is 8.59. The minimum absolute atomic E-state index is 0.0998. The lowest BCUT2D eigenvalue weighted by molar-refractivity contribution is -0.132. The van der Waals surface area contributed by atoms with Crippen LogP contribution in [0.2, 0.25) is 0 Å². The molecule has 4 heterocycles. The van der Waals surface area contributed by atoms with Gasteiger partial charge < -0.3 is 19.4 Å². The third-order valence-corrected chi connectivity index (χ3v) is 8.59. The lowest BCUT2D eigenvalue weighted by Crippen LogP contribution is -2.63. The highest BCUT2D eigenvalue weighted by atomic mass is 16.5. The number of rotatable bonds is 6. The lowest BCUT2D eigenvalue weighted by Gasteiger charge is -2.55. The van der Waals surface area contributed by atoms with E-state index in [9.17, 15) is 9.90 Å². The molecule has 3 aromatic rings. The zero-order valence-corrected chi connectivity index (χ0v) is 23.3. The van der Waals surface area contributed by atoms with Crippen molar-refractivity contribution in [1.29, 1.82) is 0 Å². The van der Waals surface area contributed by atoms with Gasteiger partial charge in [-0.15, -0.1) is 0 Å². The van der Waals surface area contributed by atoms with Gasteiger partial charge in [-0.05, 0) is 49.9 Å². The van der Waals surface area contributed by atoms with Crippen LogP contribution in [0.15, 0.2) is 47.2 Å². The molecule has 0 radical (unpaired) electrons. The number of amides is 1. The Balaban J connectivity index is 1.47. The maximum absolute atomic E-state index is 12.5. The number of pyridine rings is 1. The molecule has 2 aliphatic heterocycles. The summed E-state index contributed by atoms with van der Waals surface area (Å²) in [5.41, 5.74) is 1.90. The van der Waals surface area contributed by atoms with E-state index in [0.717, 1.165) is 37.1 Å². The minimum Gasteiger partial charge on any atom is -0.380 e. The molecule has 8 nitrogen and oxygen atoms in total. The predicted molar refractivity (Wildman–Crippen MR) is 145 cm³/mol. The van der Waals surface area contributed by atoms with Crippen molar-refractivity contribution < 1.29 is 14.4 Å². The molecule has 38 heavy (non-hydrogen) atoms. The number of carbonyl (C=O) groups excluding carboxylic acids is 1. The highest BCUT2D eigenvalue weighted by Crippen LogP contribution is 2.50. The van der Waals surface area contributed by atoms with Crippen LogP contribution in [0, 0.1) is 5.41 Å². The topological polar surface area (TPSA) is 95.6 Å². The van der Waals surface area contributed by atoms with Crippen molar-refractivity contribution in [1.82, 2.24) is 24.9 Å². The van der Waals surface area contributed by atoms with E-state index in [2.05, 4.69) is 61.9 Å². The zero-order chi connectivity index (χ0) is 27.2. The summed E-state index contributed by atoms with van der Waals surface area (Å²) in [4.78, 5) is 25.2. The fourth-order valence-corrected chi connectivity index (χ4v) is 6.49. The summed E-state index contributed by atoms with van der Waals surface area (Å²) in [5, 5.41) is 16.8. The Labute approximate surface area is 225 Å². The van der Waals surface area contributed by atoms with Crippen molar-refractivity contribution in [3.63, 3.8) is 0 Å². The number of hydrogen-bond donors (Lipinski definition) is 1. The normalized spacial score (nSPS) is 23.2. The molecule has 0 bridgehead atoms. The van der Waals surface area contributed by atoms with E-state index in [1.54, 1.807) is 19.3 Å². The fourth-order valence-electron chi connectivity index (χ4n) is 6.49. The Morgan fingerprint density at radius 3 is 2.50 bits per heavy atom. The Hall–Kier alpha value is -3.10. The van der Waals surface area contributed by atoms with Crippen LogP contribution >= 0.6 is 0 Å². The SMILES string of the molecule is CC(=O)N1CC[C@H](c2nc(-c3cncc(C(O)(c4ccc(C(C)C)cc4)C4(C)CN(C)C4)c3)no2)C[C@@H]1C. The average Bonchev–Trinajstić information content (AvgIpc) is 3.38. The molecule has 2 fully saturated rings. The molecule has 1 N–H and O–H groups in total. The molecule has 0 aliphatic carbocycles. The number of hydrogen-bond acceptors (Lipinski definition) is 7. The number of aliphatic hydroxyl groups is 1. The van der Waals surface area contributed by atoms with Crippen LogP contribution in [-0.2, 0) is 10.4 Å². The van der Waals surface area contributed by atoms with Crippen LogP contribution in [0.25, 0.3) is 11.4 Å². The van der Waals surface area contributed by atoms with Gasteiger partial charge in [-0.25, -0.2) is 0 Å². The van der Waals surface area contributed by atoms with E-state index in [1.807, 2.05) is 23.1 Å². The van der Waals surface area contributed by atoms with Crippen molar-refractivity contribution >= 4 is 5.91 Å². The molecular weight excluding hydrogens is 478 g/mol. The molecule has 5 rings (SSSR count). The van der Waals surface area contributed by atoms with E-state index in [1.165, 1.54) is 5.56 Å². The molecule has 2 saturated heterocycles. The van der Waals surface area contributed by atoms with Gasteiger partial charge in [-0.2, -0.15) is 4.98 Å². The van der Waals surface area contributed by atoms with Crippen LogP contribution in [0.3, 0.4) is 0 Å². The first kappa shape index (κ1) is 26.5. The Bertz CT molecular complexity index is 1300. The Morgan fingerprint density at radius 1 is 1.18 bits per heavy atom. The van der Waals surface area contributed by atoms with Gasteiger partial charge in [0.05, 0.1) is 0 Å². The monoisotopic (exact) mass is 517 g/mol. The van der Waals surface area contributed by atoms with Crippen molar-refractivity contribution in [2.45, 2.75) is 70.9 Å². The molecule has 1 unspecified atom stereocenters. The number of nitrogens with zero attached hydrogens (tertiary/aromatic N) is 5. The second-order valence-electron chi connectivity index (χ2n) is 11.9. The molecule has 2 aromatic heterocycles. The van der Waals surface area contributed by atoms with Gasteiger partial charge in [-0.1, -0.05) is 50.2 Å². The van der Waals surface area contributed by atoms with E-state index in [0.29, 0.717) is 29.7 Å². The van der Waals surface area contributed by atoms with E-state index in [-0.39, 0.29) is 23.3 Å². The maximum Gasteiger partial charge on any atom is 0.230 e. The first-order chi connectivity index (χ1) is 18.0. The van der Waals surface area contributed by atoms with Crippen LogP contribution in [0.5, 0.6) is 0 Å². The summed E-state index contributed by atoms with van der Waals surface area (Å²) in [7, 11) is 2.07. The summed E-state index contributed by atoms with van der Waals surface area (Å²) in [6.45, 7) is 12.4. The molecule has 0 spiro atoms. The van der Waals surface area contributed by atoms with Gasteiger partial charge in [0.15, 0.2) is 0 Å². The summed E-state index contributed by atoms with van der Waals surface area (Å²) in [5.74, 6) is 1.68. The molecule has 0 saturated carbocycles. The van der Waals surface area contributed by atoms with Crippen LogP contribution < -0.4 is 0 Å². The number of piperidine rings is 1. The molecule has 202 valence electrons. The molecule has 2 aliphatic rings. The van der Waals surface area contributed by atoms with Gasteiger partial charge in [0, 0.05) is 67.5 Å². The first-order valence-electron chi connectivity index (χ1n) is 13.6. The molecule has 1 amide bonds. The average molecular weight is 518 g/mol. The standard InChI is InChI=1S/C30H39N5O3/c1-19(2)22-7-9-25(10-8-22)30(37,29(5)17-34(6)18-29)26-14-24(15-31-16-26)27-32-28(38-33-27)23-11-12-35(21(4)36)20(3)13-23/h7-10,14-16,19-20,23,37H,11-13,17-18H2,1-6H3/t20-,23-,30?/m0/s1. The van der Waals surface area contributed by atoms with Gasteiger partial charge in [0.2, 0.25) is 17.6 Å². The maximum atomic E-state index is 12.5. The number of carbonyl (C=O) groups is 1. The highest BCUT2D eigenvalue weighted by molar-refractivity contribution is 5.73. The predicted octanol–water partition coefficient (Wildman–Crippen LogP) is 4.56. The van der Waals surface area contributed by atoms with Gasteiger partial charge in [0.25, 0.3) is 0 Å². The van der Waals surface area contributed by atoms with Crippen molar-refractivity contribution in [3.8, 4) is 11.4 Å². The Morgan fingerprint density at radius 2 is 1.89 bits per heavy atom. The third kappa shape index (κ3) is 4.54. The number of benzene rings is 1. The summed E-state index contributed by atoms with van der Waals surface area (Å²) >= 11 is 0. The summed E-state index contributed by atoms with van der Waals surface area (Å²) in [6, 6.07) is 10.4. The number of likely N-dealkylation sites (tertiary alicyclic amines) is 2. The van der Waals surface area contributed by atoms with E-state index in [4.69, 9.17) is 9.51 Å². The van der Waals surface area contributed by atoms with Gasteiger partial charge >= 0.3 is 0 Å². The zero-order valence-electron chi connectivity index (χ0n) is 23.3. The Kier molecular flexibility index (Phi) is 6.90.